The van der Waals surface area contributed by atoms with Crippen molar-refractivity contribution < 1.29 is 4.74 Å². The van der Waals surface area contributed by atoms with E-state index in [1.165, 1.54) is 16.8 Å². The Morgan fingerprint density at radius 3 is 3.05 bits per heavy atom. The second-order valence-electron chi connectivity index (χ2n) is 6.12. The Morgan fingerprint density at radius 1 is 1.38 bits per heavy atom. The van der Waals surface area contributed by atoms with Crippen molar-refractivity contribution in [2.75, 3.05) is 18.5 Å². The van der Waals surface area contributed by atoms with Crippen LogP contribution < -0.4 is 5.32 Å². The minimum atomic E-state index is -0.199. The van der Waals surface area contributed by atoms with Crippen molar-refractivity contribution in [3.63, 3.8) is 0 Å². The van der Waals surface area contributed by atoms with E-state index in [0.29, 0.717) is 0 Å². The summed E-state index contributed by atoms with van der Waals surface area (Å²) in [5, 5.41) is 3.50. The highest BCUT2D eigenvalue weighted by Crippen LogP contribution is 2.34. The van der Waals surface area contributed by atoms with Gasteiger partial charge in [-0.3, -0.25) is 0 Å². The van der Waals surface area contributed by atoms with Crippen molar-refractivity contribution in [2.24, 2.45) is 0 Å². The van der Waals surface area contributed by atoms with E-state index in [1.54, 1.807) is 0 Å². The van der Waals surface area contributed by atoms with Gasteiger partial charge in [-0.15, -0.1) is 0 Å². The van der Waals surface area contributed by atoms with Crippen LogP contribution in [0.3, 0.4) is 0 Å². The minimum absolute atomic E-state index is 0.199. The fourth-order valence-corrected chi connectivity index (χ4v) is 3.07. The van der Waals surface area contributed by atoms with Gasteiger partial charge in [0.05, 0.1) is 30.4 Å². The largest absolute Gasteiger partial charge is 0.384 e. The van der Waals surface area contributed by atoms with Crippen LogP contribution in [0.5, 0.6) is 0 Å². The molecule has 2 aromatic rings. The Hall–Kier alpha value is -1.81. The highest BCUT2D eigenvalue weighted by Gasteiger charge is 2.22. The molecule has 0 unspecified atom stereocenters. The Labute approximate surface area is 126 Å². The summed E-state index contributed by atoms with van der Waals surface area (Å²) >= 11 is 0. The van der Waals surface area contributed by atoms with Gasteiger partial charge >= 0.3 is 0 Å². The van der Waals surface area contributed by atoms with Crippen molar-refractivity contribution in [3.05, 3.63) is 36.3 Å². The molecule has 0 spiro atoms. The SMILES string of the molecule is CCOC(C)(C)Cn1cncc1-c1cccc2c1NCC2. The van der Waals surface area contributed by atoms with Crippen molar-refractivity contribution in [1.29, 1.82) is 0 Å². The number of para-hydroxylation sites is 1. The van der Waals surface area contributed by atoms with Crippen LogP contribution >= 0.6 is 0 Å². The highest BCUT2D eigenvalue weighted by molar-refractivity contribution is 5.79. The maximum absolute atomic E-state index is 5.82. The molecule has 112 valence electrons. The van der Waals surface area contributed by atoms with Crippen LogP contribution in [0.2, 0.25) is 0 Å². The maximum Gasteiger partial charge on any atom is 0.0951 e. The topological polar surface area (TPSA) is 39.1 Å². The third-order valence-electron chi connectivity index (χ3n) is 3.92. The average Bonchev–Trinajstić information content (AvgIpc) is 3.06. The van der Waals surface area contributed by atoms with E-state index in [9.17, 15) is 0 Å². The summed E-state index contributed by atoms with van der Waals surface area (Å²) in [5.41, 5.74) is 4.83. The van der Waals surface area contributed by atoms with E-state index in [-0.39, 0.29) is 5.60 Å². The lowest BCUT2D eigenvalue weighted by molar-refractivity contribution is -0.0221. The normalized spacial score (nSPS) is 14.0. The molecule has 2 heterocycles. The van der Waals surface area contributed by atoms with E-state index >= 15 is 0 Å². The predicted octanol–water partition coefficient (Wildman–Crippen LogP) is 3.33. The molecular weight excluding hydrogens is 262 g/mol. The zero-order valence-corrected chi connectivity index (χ0v) is 13.0. The van der Waals surface area contributed by atoms with Crippen LogP contribution in [0.1, 0.15) is 26.3 Å². The predicted molar refractivity (Wildman–Crippen MR) is 85.6 cm³/mol. The van der Waals surface area contributed by atoms with Crippen LogP contribution in [0.15, 0.2) is 30.7 Å². The number of fused-ring (bicyclic) bond motifs is 1. The van der Waals surface area contributed by atoms with Gasteiger partial charge in [0, 0.05) is 24.4 Å². The average molecular weight is 285 g/mol. The lowest BCUT2D eigenvalue weighted by Gasteiger charge is -2.26. The van der Waals surface area contributed by atoms with Gasteiger partial charge in [-0.05, 0) is 32.8 Å². The number of anilines is 1. The quantitative estimate of drug-likeness (QED) is 0.916. The molecule has 0 atom stereocenters. The summed E-state index contributed by atoms with van der Waals surface area (Å²) in [5.74, 6) is 0. The fourth-order valence-electron chi connectivity index (χ4n) is 3.07. The lowest BCUT2D eigenvalue weighted by Crippen LogP contribution is -2.30. The van der Waals surface area contributed by atoms with Crippen LogP contribution in [0.25, 0.3) is 11.3 Å². The van der Waals surface area contributed by atoms with Gasteiger partial charge in [-0.1, -0.05) is 18.2 Å². The molecule has 3 rings (SSSR count). The first-order chi connectivity index (χ1) is 10.1. The van der Waals surface area contributed by atoms with Gasteiger partial charge in [0.15, 0.2) is 0 Å². The van der Waals surface area contributed by atoms with E-state index in [4.69, 9.17) is 4.74 Å². The van der Waals surface area contributed by atoms with Crippen LogP contribution in [0, 0.1) is 0 Å². The van der Waals surface area contributed by atoms with Gasteiger partial charge in [0.25, 0.3) is 0 Å². The first-order valence-corrected chi connectivity index (χ1v) is 7.61. The molecule has 4 nitrogen and oxygen atoms in total. The fraction of sp³-hybridized carbons (Fsp3) is 0.471. The zero-order chi connectivity index (χ0) is 14.9. The van der Waals surface area contributed by atoms with E-state index in [1.807, 2.05) is 19.4 Å². The first kappa shape index (κ1) is 14.1. The number of imidazole rings is 1. The smallest absolute Gasteiger partial charge is 0.0951 e. The number of hydrogen-bond donors (Lipinski definition) is 1. The summed E-state index contributed by atoms with van der Waals surface area (Å²) in [6, 6.07) is 6.49. The molecule has 0 bridgehead atoms. The highest BCUT2D eigenvalue weighted by atomic mass is 16.5. The summed E-state index contributed by atoms with van der Waals surface area (Å²) in [7, 11) is 0. The maximum atomic E-state index is 5.82. The molecule has 0 radical (unpaired) electrons. The Bertz CT molecular complexity index is 631. The molecule has 21 heavy (non-hydrogen) atoms. The third kappa shape index (κ3) is 2.81. The number of hydrogen-bond acceptors (Lipinski definition) is 3. The molecule has 1 aliphatic rings. The monoisotopic (exact) mass is 285 g/mol. The van der Waals surface area contributed by atoms with Crippen LogP contribution in [0.4, 0.5) is 5.69 Å². The number of aromatic nitrogens is 2. The molecule has 0 amide bonds. The van der Waals surface area contributed by atoms with Crippen molar-refractivity contribution in [2.45, 2.75) is 39.3 Å². The molecule has 4 heteroatoms. The second-order valence-corrected chi connectivity index (χ2v) is 6.12. The summed E-state index contributed by atoms with van der Waals surface area (Å²) in [4.78, 5) is 4.35. The number of nitrogens with zero attached hydrogens (tertiary/aromatic N) is 2. The van der Waals surface area contributed by atoms with Crippen LogP contribution in [-0.2, 0) is 17.7 Å². The van der Waals surface area contributed by atoms with Gasteiger partial charge in [0.1, 0.15) is 0 Å². The van der Waals surface area contributed by atoms with Gasteiger partial charge in [0.2, 0.25) is 0 Å². The number of benzene rings is 1. The molecule has 1 aromatic carbocycles. The molecular formula is C17H23N3O. The summed E-state index contributed by atoms with van der Waals surface area (Å²) in [6.45, 7) is 8.80. The molecule has 1 aliphatic heterocycles. The molecule has 0 aliphatic carbocycles. The summed E-state index contributed by atoms with van der Waals surface area (Å²) in [6.07, 6.45) is 4.93. The van der Waals surface area contributed by atoms with Gasteiger partial charge in [-0.25, -0.2) is 4.98 Å². The number of nitrogens with one attached hydrogen (secondary N) is 1. The van der Waals surface area contributed by atoms with E-state index in [0.717, 1.165) is 31.8 Å². The first-order valence-electron chi connectivity index (χ1n) is 7.61. The van der Waals surface area contributed by atoms with Crippen LogP contribution in [-0.4, -0.2) is 28.3 Å². The number of rotatable bonds is 5. The van der Waals surface area contributed by atoms with Crippen molar-refractivity contribution >= 4 is 5.69 Å². The van der Waals surface area contributed by atoms with Crippen molar-refractivity contribution in [1.82, 2.24) is 9.55 Å². The molecule has 1 aromatic heterocycles. The van der Waals surface area contributed by atoms with Crippen molar-refractivity contribution in [3.8, 4) is 11.3 Å². The Kier molecular flexibility index (Phi) is 3.72. The lowest BCUT2D eigenvalue weighted by atomic mass is 10.0. The van der Waals surface area contributed by atoms with E-state index in [2.05, 4.69) is 46.9 Å². The minimum Gasteiger partial charge on any atom is -0.384 e. The molecule has 0 saturated heterocycles. The van der Waals surface area contributed by atoms with E-state index < -0.39 is 0 Å². The van der Waals surface area contributed by atoms with Gasteiger partial charge in [-0.2, -0.15) is 0 Å². The molecule has 0 saturated carbocycles. The standard InChI is InChI=1S/C17H23N3O/c1-4-21-17(2,3)11-20-12-18-10-15(20)14-7-5-6-13-8-9-19-16(13)14/h5-7,10,12,19H,4,8-9,11H2,1-3H3. The Balaban J connectivity index is 1.95. The molecule has 0 fully saturated rings. The zero-order valence-electron chi connectivity index (χ0n) is 13.0. The number of ether oxygens (including phenoxy) is 1. The third-order valence-corrected chi connectivity index (χ3v) is 3.92. The van der Waals surface area contributed by atoms with Gasteiger partial charge < -0.3 is 14.6 Å². The second kappa shape index (κ2) is 5.53. The summed E-state index contributed by atoms with van der Waals surface area (Å²) < 4.78 is 8.01. The Morgan fingerprint density at radius 2 is 2.24 bits per heavy atom. The molecule has 1 N–H and O–H groups in total.